The van der Waals surface area contributed by atoms with Crippen molar-refractivity contribution in [1.29, 1.82) is 0 Å². The summed E-state index contributed by atoms with van der Waals surface area (Å²) in [6.45, 7) is 3.56. The van der Waals surface area contributed by atoms with Crippen LogP contribution in [0.25, 0.3) is 23.0 Å². The molecule has 3 heterocycles. The maximum absolute atomic E-state index is 6.05. The molecule has 2 aromatic carbocycles. The SMILES string of the molecule is CCOc1ccccc1-c1noc(-c2cc3n(n2)CC(c2ccc(OC)cc2)OC3)n1. The number of rotatable bonds is 6. The lowest BCUT2D eigenvalue weighted by molar-refractivity contribution is -0.00115. The standard InChI is InChI=1S/C23H22N4O4/c1-3-29-20-7-5-4-6-18(20)22-24-23(31-26-22)19-12-16-14-30-21(13-27(16)25-19)15-8-10-17(28-2)11-9-15/h4-12,21H,3,13-14H2,1-2H3. The highest BCUT2D eigenvalue weighted by Crippen LogP contribution is 2.32. The quantitative estimate of drug-likeness (QED) is 0.462. The van der Waals surface area contributed by atoms with Crippen LogP contribution < -0.4 is 9.47 Å². The number of fused-ring (bicyclic) bond motifs is 1. The van der Waals surface area contributed by atoms with Gasteiger partial charge in [0.15, 0.2) is 5.69 Å². The van der Waals surface area contributed by atoms with Gasteiger partial charge in [-0.3, -0.25) is 4.68 Å². The number of benzene rings is 2. The van der Waals surface area contributed by atoms with Crippen molar-refractivity contribution < 1.29 is 18.7 Å². The topological polar surface area (TPSA) is 84.4 Å². The Labute approximate surface area is 179 Å². The van der Waals surface area contributed by atoms with Gasteiger partial charge in [-0.1, -0.05) is 29.4 Å². The van der Waals surface area contributed by atoms with Crippen molar-refractivity contribution in [2.75, 3.05) is 13.7 Å². The third-order valence-electron chi connectivity index (χ3n) is 5.20. The fourth-order valence-corrected chi connectivity index (χ4v) is 3.62. The molecule has 1 aliphatic rings. The van der Waals surface area contributed by atoms with Crippen molar-refractivity contribution in [2.24, 2.45) is 0 Å². The van der Waals surface area contributed by atoms with E-state index in [-0.39, 0.29) is 6.10 Å². The third kappa shape index (κ3) is 3.77. The summed E-state index contributed by atoms with van der Waals surface area (Å²) >= 11 is 0. The lowest BCUT2D eigenvalue weighted by Gasteiger charge is -2.24. The van der Waals surface area contributed by atoms with Gasteiger partial charge in [0, 0.05) is 0 Å². The molecule has 4 aromatic rings. The number of hydrogen-bond donors (Lipinski definition) is 0. The van der Waals surface area contributed by atoms with Crippen LogP contribution in [-0.2, 0) is 17.9 Å². The van der Waals surface area contributed by atoms with E-state index in [0.717, 1.165) is 28.3 Å². The monoisotopic (exact) mass is 418 g/mol. The highest BCUT2D eigenvalue weighted by atomic mass is 16.5. The number of aromatic nitrogens is 4. The Morgan fingerprint density at radius 2 is 1.97 bits per heavy atom. The van der Waals surface area contributed by atoms with E-state index in [1.165, 1.54) is 0 Å². The number of nitrogens with zero attached hydrogens (tertiary/aromatic N) is 4. The second-order valence-electron chi connectivity index (χ2n) is 7.13. The molecule has 0 aliphatic carbocycles. The normalized spacial score (nSPS) is 15.5. The van der Waals surface area contributed by atoms with Crippen LogP contribution in [0.3, 0.4) is 0 Å². The second kappa shape index (κ2) is 8.23. The van der Waals surface area contributed by atoms with Crippen molar-refractivity contribution in [2.45, 2.75) is 26.2 Å². The van der Waals surface area contributed by atoms with E-state index in [1.807, 2.05) is 66.2 Å². The van der Waals surface area contributed by atoms with Crippen LogP contribution in [-0.4, -0.2) is 33.6 Å². The average molecular weight is 418 g/mol. The second-order valence-corrected chi connectivity index (χ2v) is 7.13. The molecule has 31 heavy (non-hydrogen) atoms. The van der Waals surface area contributed by atoms with Crippen molar-refractivity contribution >= 4 is 0 Å². The molecule has 0 fully saturated rings. The Bertz CT molecular complexity index is 1180. The zero-order chi connectivity index (χ0) is 21.2. The molecule has 5 rings (SSSR count). The summed E-state index contributed by atoms with van der Waals surface area (Å²) in [6, 6.07) is 17.4. The van der Waals surface area contributed by atoms with Gasteiger partial charge in [-0.25, -0.2) is 0 Å². The molecule has 0 bridgehead atoms. The Hall–Kier alpha value is -3.65. The average Bonchev–Trinajstić information content (AvgIpc) is 3.46. The Morgan fingerprint density at radius 1 is 1.13 bits per heavy atom. The number of ether oxygens (including phenoxy) is 3. The summed E-state index contributed by atoms with van der Waals surface area (Å²) in [6.07, 6.45) is -0.0810. The molecule has 1 aliphatic heterocycles. The van der Waals surface area contributed by atoms with Gasteiger partial charge in [0.1, 0.15) is 17.6 Å². The van der Waals surface area contributed by atoms with Gasteiger partial charge in [0.2, 0.25) is 5.82 Å². The van der Waals surface area contributed by atoms with E-state index in [9.17, 15) is 0 Å². The van der Waals surface area contributed by atoms with Crippen LogP contribution in [0.15, 0.2) is 59.1 Å². The molecule has 1 unspecified atom stereocenters. The molecular formula is C23H22N4O4. The molecule has 0 N–H and O–H groups in total. The summed E-state index contributed by atoms with van der Waals surface area (Å²) in [5.41, 5.74) is 3.46. The minimum absolute atomic E-state index is 0.0810. The Balaban J connectivity index is 1.38. The molecule has 0 saturated carbocycles. The van der Waals surface area contributed by atoms with E-state index in [0.29, 0.717) is 37.2 Å². The van der Waals surface area contributed by atoms with Crippen molar-refractivity contribution in [1.82, 2.24) is 19.9 Å². The first-order chi connectivity index (χ1) is 15.2. The minimum atomic E-state index is -0.0810. The van der Waals surface area contributed by atoms with Crippen molar-refractivity contribution in [3.05, 3.63) is 65.9 Å². The van der Waals surface area contributed by atoms with Crippen molar-refractivity contribution in [3.8, 4) is 34.5 Å². The highest BCUT2D eigenvalue weighted by molar-refractivity contribution is 5.65. The molecule has 0 radical (unpaired) electrons. The number of methoxy groups -OCH3 is 1. The largest absolute Gasteiger partial charge is 0.497 e. The molecular weight excluding hydrogens is 396 g/mol. The maximum Gasteiger partial charge on any atom is 0.278 e. The number of para-hydroxylation sites is 1. The summed E-state index contributed by atoms with van der Waals surface area (Å²) in [5.74, 6) is 2.37. The van der Waals surface area contributed by atoms with Gasteiger partial charge in [-0.2, -0.15) is 10.1 Å². The van der Waals surface area contributed by atoms with Gasteiger partial charge < -0.3 is 18.7 Å². The van der Waals surface area contributed by atoms with Gasteiger partial charge in [-0.15, -0.1) is 0 Å². The lowest BCUT2D eigenvalue weighted by atomic mass is 10.1. The van der Waals surface area contributed by atoms with Crippen LogP contribution in [0.5, 0.6) is 11.5 Å². The highest BCUT2D eigenvalue weighted by Gasteiger charge is 2.25. The van der Waals surface area contributed by atoms with E-state index >= 15 is 0 Å². The molecule has 0 saturated heterocycles. The van der Waals surface area contributed by atoms with Crippen molar-refractivity contribution in [3.63, 3.8) is 0 Å². The summed E-state index contributed by atoms with van der Waals surface area (Å²) in [7, 11) is 1.65. The number of hydrogen-bond acceptors (Lipinski definition) is 7. The zero-order valence-corrected chi connectivity index (χ0v) is 17.3. The summed E-state index contributed by atoms with van der Waals surface area (Å²) < 4.78 is 24.4. The molecule has 2 aromatic heterocycles. The molecule has 0 spiro atoms. The fraction of sp³-hybridized carbons (Fsp3) is 0.261. The maximum atomic E-state index is 6.05. The summed E-state index contributed by atoms with van der Waals surface area (Å²) in [4.78, 5) is 4.55. The van der Waals surface area contributed by atoms with Gasteiger partial charge in [0.25, 0.3) is 5.89 Å². The van der Waals surface area contributed by atoms with E-state index < -0.39 is 0 Å². The van der Waals surface area contributed by atoms with Crippen LogP contribution in [0.4, 0.5) is 0 Å². The van der Waals surface area contributed by atoms with E-state index in [1.54, 1.807) is 7.11 Å². The molecule has 8 nitrogen and oxygen atoms in total. The summed E-state index contributed by atoms with van der Waals surface area (Å²) in [5, 5.41) is 8.81. The Morgan fingerprint density at radius 3 is 2.77 bits per heavy atom. The van der Waals surface area contributed by atoms with Gasteiger partial charge >= 0.3 is 0 Å². The molecule has 0 amide bonds. The lowest BCUT2D eigenvalue weighted by Crippen LogP contribution is -2.21. The van der Waals surface area contributed by atoms with Crippen LogP contribution in [0, 0.1) is 0 Å². The third-order valence-corrected chi connectivity index (χ3v) is 5.20. The first kappa shape index (κ1) is 19.3. The van der Waals surface area contributed by atoms with Crippen LogP contribution in [0.2, 0.25) is 0 Å². The van der Waals surface area contributed by atoms with Crippen LogP contribution in [0.1, 0.15) is 24.3 Å². The first-order valence-electron chi connectivity index (χ1n) is 10.1. The van der Waals surface area contributed by atoms with E-state index in [4.69, 9.17) is 18.7 Å². The smallest absolute Gasteiger partial charge is 0.278 e. The predicted octanol–water partition coefficient (Wildman–Crippen LogP) is 4.28. The zero-order valence-electron chi connectivity index (χ0n) is 17.3. The fourth-order valence-electron chi connectivity index (χ4n) is 3.62. The van der Waals surface area contributed by atoms with Gasteiger partial charge in [-0.05, 0) is 42.8 Å². The predicted molar refractivity (Wildman–Crippen MR) is 113 cm³/mol. The molecule has 1 atom stereocenters. The van der Waals surface area contributed by atoms with Gasteiger partial charge in [0.05, 0.1) is 38.1 Å². The molecule has 158 valence electrons. The Kier molecular flexibility index (Phi) is 5.13. The molecule has 8 heteroatoms. The van der Waals surface area contributed by atoms with Crippen LogP contribution >= 0.6 is 0 Å². The minimum Gasteiger partial charge on any atom is -0.497 e. The van der Waals surface area contributed by atoms with E-state index in [2.05, 4.69) is 15.2 Å². The first-order valence-corrected chi connectivity index (χ1v) is 10.1.